The van der Waals surface area contributed by atoms with Gasteiger partial charge in [-0.25, -0.2) is 0 Å². The first-order valence-electron chi connectivity index (χ1n) is 13.8. The minimum atomic E-state index is 0.00173. The van der Waals surface area contributed by atoms with Crippen molar-refractivity contribution in [3.8, 4) is 0 Å². The van der Waals surface area contributed by atoms with Crippen LogP contribution in [0.15, 0.2) is 18.2 Å². The first kappa shape index (κ1) is 25.7. The molecule has 3 saturated carbocycles. The summed E-state index contributed by atoms with van der Waals surface area (Å²) in [5.41, 5.74) is 2.15. The normalized spacial score (nSPS) is 23.7. The van der Waals surface area contributed by atoms with Crippen molar-refractivity contribution in [2.24, 2.45) is 29.1 Å². The molecule has 0 unspecified atom stereocenters. The monoisotopic (exact) mass is 481 g/mol. The molecule has 0 bridgehead atoms. The summed E-state index contributed by atoms with van der Waals surface area (Å²) in [6, 6.07) is 5.44. The van der Waals surface area contributed by atoms with E-state index in [0.717, 1.165) is 77.0 Å². The van der Waals surface area contributed by atoms with Crippen molar-refractivity contribution < 1.29 is 14.4 Å². The van der Waals surface area contributed by atoms with Crippen LogP contribution in [0.5, 0.6) is 0 Å². The summed E-state index contributed by atoms with van der Waals surface area (Å²) < 4.78 is 0. The van der Waals surface area contributed by atoms with E-state index in [1.165, 1.54) is 0 Å². The Kier molecular flexibility index (Phi) is 8.18. The Morgan fingerprint density at radius 2 is 0.886 bits per heavy atom. The van der Waals surface area contributed by atoms with Gasteiger partial charge in [0.25, 0.3) is 0 Å². The molecular weight excluding hydrogens is 438 g/mol. The Hall–Kier alpha value is -2.37. The average Bonchev–Trinajstić information content (AvgIpc) is 3.53. The van der Waals surface area contributed by atoms with Gasteiger partial charge < -0.3 is 16.0 Å². The molecule has 3 N–H and O–H groups in total. The van der Waals surface area contributed by atoms with E-state index >= 15 is 0 Å². The van der Waals surface area contributed by atoms with Gasteiger partial charge in [0.15, 0.2) is 0 Å². The van der Waals surface area contributed by atoms with Crippen LogP contribution in [0.25, 0.3) is 0 Å². The Morgan fingerprint density at radius 3 is 1.20 bits per heavy atom. The predicted octanol–water partition coefficient (Wildman–Crippen LogP) is 6.74. The molecule has 0 aliphatic heterocycles. The number of benzene rings is 1. The van der Waals surface area contributed by atoms with E-state index < -0.39 is 0 Å². The standard InChI is InChI=1S/C29H43N3O3/c1-29(2,3)22-14-12-21(13-15-22)28(35)32-25-17-23(30-26(33)19-8-4-5-9-19)16-24(18-25)31-27(34)20-10-6-7-11-20/h16-22H,4-15H2,1-3H3,(H,30,33)(H,31,34)(H,32,35)/t21-,22+. The number of carbonyl (C=O) groups is 3. The van der Waals surface area contributed by atoms with E-state index in [0.29, 0.717) is 23.0 Å². The van der Waals surface area contributed by atoms with Gasteiger partial charge in [0.05, 0.1) is 0 Å². The van der Waals surface area contributed by atoms with E-state index in [-0.39, 0.29) is 40.9 Å². The van der Waals surface area contributed by atoms with Gasteiger partial charge in [0.1, 0.15) is 0 Å². The summed E-state index contributed by atoms with van der Waals surface area (Å²) in [4.78, 5) is 38.7. The maximum atomic E-state index is 13.1. The number of anilines is 3. The summed E-state index contributed by atoms with van der Waals surface area (Å²) in [5.74, 6) is 0.828. The highest BCUT2D eigenvalue weighted by molar-refractivity contribution is 5.99. The molecule has 0 atom stereocenters. The molecule has 1 aromatic carbocycles. The van der Waals surface area contributed by atoms with Crippen LogP contribution in [0.3, 0.4) is 0 Å². The molecule has 6 heteroatoms. The van der Waals surface area contributed by atoms with Gasteiger partial charge in [-0.2, -0.15) is 0 Å². The van der Waals surface area contributed by atoms with Crippen LogP contribution in [0, 0.1) is 29.1 Å². The second kappa shape index (κ2) is 11.1. The lowest BCUT2D eigenvalue weighted by Crippen LogP contribution is -2.31. The summed E-state index contributed by atoms with van der Waals surface area (Å²) in [5, 5.41) is 9.17. The Labute approximate surface area is 210 Å². The highest BCUT2D eigenvalue weighted by atomic mass is 16.2. The van der Waals surface area contributed by atoms with E-state index in [9.17, 15) is 14.4 Å². The van der Waals surface area contributed by atoms with Crippen LogP contribution in [-0.4, -0.2) is 17.7 Å². The summed E-state index contributed by atoms with van der Waals surface area (Å²) in [7, 11) is 0. The molecule has 0 spiro atoms. The fraction of sp³-hybridized carbons (Fsp3) is 0.690. The van der Waals surface area contributed by atoms with E-state index in [1.807, 2.05) is 18.2 Å². The lowest BCUT2D eigenvalue weighted by Gasteiger charge is -2.36. The number of hydrogen-bond acceptors (Lipinski definition) is 3. The molecule has 0 saturated heterocycles. The fourth-order valence-electron chi connectivity index (χ4n) is 6.17. The molecule has 3 amide bonds. The zero-order chi connectivity index (χ0) is 25.0. The lowest BCUT2D eigenvalue weighted by atomic mass is 9.69. The second-order valence-electron chi connectivity index (χ2n) is 12.1. The molecule has 3 aliphatic rings. The summed E-state index contributed by atoms with van der Waals surface area (Å²) >= 11 is 0. The van der Waals surface area contributed by atoms with Crippen molar-refractivity contribution in [3.63, 3.8) is 0 Å². The maximum Gasteiger partial charge on any atom is 0.227 e. The number of amides is 3. The molecule has 1 aromatic rings. The zero-order valence-electron chi connectivity index (χ0n) is 21.8. The quantitative estimate of drug-likeness (QED) is 0.421. The predicted molar refractivity (Wildman–Crippen MR) is 141 cm³/mol. The van der Waals surface area contributed by atoms with E-state index in [2.05, 4.69) is 36.7 Å². The first-order valence-corrected chi connectivity index (χ1v) is 13.8. The third kappa shape index (κ3) is 6.86. The summed E-state index contributed by atoms with van der Waals surface area (Å²) in [6.07, 6.45) is 12.0. The van der Waals surface area contributed by atoms with Crippen LogP contribution in [0.1, 0.15) is 97.8 Å². The van der Waals surface area contributed by atoms with Gasteiger partial charge in [-0.15, -0.1) is 0 Å². The van der Waals surface area contributed by atoms with Crippen LogP contribution in [0.4, 0.5) is 17.1 Å². The number of carbonyl (C=O) groups excluding carboxylic acids is 3. The molecule has 0 aromatic heterocycles. The van der Waals surface area contributed by atoms with Crippen LogP contribution in [-0.2, 0) is 14.4 Å². The number of nitrogens with one attached hydrogen (secondary N) is 3. The van der Waals surface area contributed by atoms with Crippen LogP contribution < -0.4 is 16.0 Å². The Balaban J connectivity index is 1.45. The number of rotatable bonds is 6. The largest absolute Gasteiger partial charge is 0.326 e. The maximum absolute atomic E-state index is 13.1. The van der Waals surface area contributed by atoms with Gasteiger partial charge in [-0.1, -0.05) is 46.5 Å². The molecule has 192 valence electrons. The lowest BCUT2D eigenvalue weighted by molar-refractivity contribution is -0.121. The summed E-state index contributed by atoms with van der Waals surface area (Å²) in [6.45, 7) is 6.85. The molecule has 3 aliphatic carbocycles. The van der Waals surface area contributed by atoms with Gasteiger partial charge in [-0.3, -0.25) is 14.4 Å². The molecule has 3 fully saturated rings. The van der Waals surface area contributed by atoms with Crippen molar-refractivity contribution >= 4 is 34.8 Å². The van der Waals surface area contributed by atoms with Crippen molar-refractivity contribution in [2.45, 2.75) is 97.8 Å². The van der Waals surface area contributed by atoms with Crippen molar-refractivity contribution in [1.29, 1.82) is 0 Å². The third-order valence-electron chi connectivity index (χ3n) is 8.51. The van der Waals surface area contributed by atoms with Gasteiger partial charge in [0, 0.05) is 34.8 Å². The molecular formula is C29H43N3O3. The van der Waals surface area contributed by atoms with E-state index in [1.54, 1.807) is 0 Å². The van der Waals surface area contributed by atoms with Gasteiger partial charge in [-0.05, 0) is 80.9 Å². The molecule has 0 radical (unpaired) electrons. The second-order valence-corrected chi connectivity index (χ2v) is 12.1. The minimum Gasteiger partial charge on any atom is -0.326 e. The topological polar surface area (TPSA) is 87.3 Å². The SMILES string of the molecule is CC(C)(C)[C@H]1CC[C@@H](C(=O)Nc2cc(NC(=O)C3CCCC3)cc(NC(=O)C3CCCC3)c2)CC1. The number of hydrogen-bond donors (Lipinski definition) is 3. The third-order valence-corrected chi connectivity index (χ3v) is 8.51. The first-order chi connectivity index (χ1) is 16.7. The van der Waals surface area contributed by atoms with Crippen molar-refractivity contribution in [1.82, 2.24) is 0 Å². The Bertz CT molecular complexity index is 867. The Morgan fingerprint density at radius 1 is 0.571 bits per heavy atom. The molecule has 4 rings (SSSR count). The molecule has 35 heavy (non-hydrogen) atoms. The molecule has 6 nitrogen and oxygen atoms in total. The van der Waals surface area contributed by atoms with E-state index in [4.69, 9.17) is 0 Å². The van der Waals surface area contributed by atoms with Gasteiger partial charge >= 0.3 is 0 Å². The van der Waals surface area contributed by atoms with Crippen molar-refractivity contribution in [2.75, 3.05) is 16.0 Å². The molecule has 0 heterocycles. The zero-order valence-corrected chi connectivity index (χ0v) is 21.8. The van der Waals surface area contributed by atoms with Crippen molar-refractivity contribution in [3.05, 3.63) is 18.2 Å². The fourth-order valence-corrected chi connectivity index (χ4v) is 6.17. The minimum absolute atomic E-state index is 0.00173. The highest BCUT2D eigenvalue weighted by Crippen LogP contribution is 2.40. The average molecular weight is 482 g/mol. The van der Waals surface area contributed by atoms with Crippen LogP contribution in [0.2, 0.25) is 0 Å². The smallest absolute Gasteiger partial charge is 0.227 e. The van der Waals surface area contributed by atoms with Gasteiger partial charge in [0.2, 0.25) is 17.7 Å². The highest BCUT2D eigenvalue weighted by Gasteiger charge is 2.32. The van der Waals surface area contributed by atoms with Crippen LogP contribution >= 0.6 is 0 Å².